The monoisotopic (exact) mass is 226 g/mol. The largest absolute Gasteiger partial charge is 0.465 e. The molecule has 0 saturated heterocycles. The molecule has 92 valence electrons. The van der Waals surface area contributed by atoms with E-state index >= 15 is 0 Å². The molecule has 0 aliphatic heterocycles. The fourth-order valence-corrected chi connectivity index (χ4v) is 2.55. The van der Waals surface area contributed by atoms with Gasteiger partial charge in [0, 0.05) is 6.42 Å². The van der Waals surface area contributed by atoms with Crippen molar-refractivity contribution in [3.05, 3.63) is 0 Å². The highest BCUT2D eigenvalue weighted by Gasteiger charge is 2.45. The number of carbonyl (C=O) groups excluding carboxylic acids is 2. The van der Waals surface area contributed by atoms with Crippen LogP contribution in [0.1, 0.15) is 58.8 Å². The van der Waals surface area contributed by atoms with Crippen molar-refractivity contribution >= 4 is 11.8 Å². The molecular formula is C13H22O3. The van der Waals surface area contributed by atoms with Gasteiger partial charge in [0.25, 0.3) is 0 Å². The molecule has 0 aromatic heterocycles. The van der Waals surface area contributed by atoms with Gasteiger partial charge in [0.05, 0.1) is 6.61 Å². The summed E-state index contributed by atoms with van der Waals surface area (Å²) in [6.07, 6.45) is 5.65. The Labute approximate surface area is 97.5 Å². The molecule has 0 amide bonds. The van der Waals surface area contributed by atoms with Crippen molar-refractivity contribution in [2.75, 3.05) is 6.61 Å². The highest BCUT2D eigenvalue weighted by atomic mass is 16.5. The normalized spacial score (nSPS) is 26.2. The minimum absolute atomic E-state index is 0.102. The van der Waals surface area contributed by atoms with Gasteiger partial charge >= 0.3 is 5.97 Å². The summed E-state index contributed by atoms with van der Waals surface area (Å²) < 4.78 is 5.10. The molecule has 1 aliphatic carbocycles. The van der Waals surface area contributed by atoms with E-state index in [-0.39, 0.29) is 11.8 Å². The zero-order valence-corrected chi connectivity index (χ0v) is 10.4. The van der Waals surface area contributed by atoms with Gasteiger partial charge in [0.15, 0.2) is 0 Å². The van der Waals surface area contributed by atoms with E-state index in [0.717, 1.165) is 25.7 Å². The summed E-state index contributed by atoms with van der Waals surface area (Å²) in [7, 11) is 0. The first kappa shape index (κ1) is 13.2. The van der Waals surface area contributed by atoms with Gasteiger partial charge in [-0.05, 0) is 26.2 Å². The van der Waals surface area contributed by atoms with Crippen molar-refractivity contribution in [3.8, 4) is 0 Å². The van der Waals surface area contributed by atoms with Crippen LogP contribution in [0.5, 0.6) is 0 Å². The summed E-state index contributed by atoms with van der Waals surface area (Å²) in [5.74, 6) is -0.186. The van der Waals surface area contributed by atoms with Crippen molar-refractivity contribution in [1.29, 1.82) is 0 Å². The van der Waals surface area contributed by atoms with E-state index in [9.17, 15) is 9.59 Å². The summed E-state index contributed by atoms with van der Waals surface area (Å²) in [5.41, 5.74) is -0.818. The smallest absolute Gasteiger partial charge is 0.319 e. The van der Waals surface area contributed by atoms with Crippen molar-refractivity contribution in [2.24, 2.45) is 5.41 Å². The van der Waals surface area contributed by atoms with Crippen molar-refractivity contribution in [1.82, 2.24) is 0 Å². The van der Waals surface area contributed by atoms with E-state index in [4.69, 9.17) is 4.74 Å². The fraction of sp³-hybridized carbons (Fsp3) is 0.846. The maximum Gasteiger partial charge on any atom is 0.319 e. The SMILES string of the molecule is CCCC1(C(=O)OCC)CCCCCC1=O. The van der Waals surface area contributed by atoms with E-state index in [1.165, 1.54) is 0 Å². The molecule has 0 N–H and O–H groups in total. The van der Waals surface area contributed by atoms with Gasteiger partial charge < -0.3 is 4.74 Å². The molecule has 1 atom stereocenters. The topological polar surface area (TPSA) is 43.4 Å². The van der Waals surface area contributed by atoms with Gasteiger partial charge in [0.1, 0.15) is 11.2 Å². The van der Waals surface area contributed by atoms with Crippen LogP contribution in [0.4, 0.5) is 0 Å². The van der Waals surface area contributed by atoms with Crippen molar-refractivity contribution in [3.63, 3.8) is 0 Å². The Bertz CT molecular complexity index is 260. The Morgan fingerprint density at radius 2 is 2.06 bits per heavy atom. The third-order valence-corrected chi connectivity index (χ3v) is 3.38. The predicted octanol–water partition coefficient (Wildman–Crippen LogP) is 2.87. The van der Waals surface area contributed by atoms with Crippen LogP contribution in [0.25, 0.3) is 0 Å². The van der Waals surface area contributed by atoms with E-state index in [1.54, 1.807) is 6.92 Å². The molecule has 0 aromatic carbocycles. The summed E-state index contributed by atoms with van der Waals surface area (Å²) in [6.45, 7) is 4.16. The molecule has 0 bridgehead atoms. The second-order valence-corrected chi connectivity index (χ2v) is 4.54. The Morgan fingerprint density at radius 1 is 1.31 bits per heavy atom. The molecule has 0 aromatic rings. The molecule has 0 heterocycles. The number of hydrogen-bond acceptors (Lipinski definition) is 3. The number of ketones is 1. The van der Waals surface area contributed by atoms with Gasteiger partial charge in [-0.25, -0.2) is 0 Å². The Kier molecular flexibility index (Phi) is 4.97. The van der Waals surface area contributed by atoms with E-state index < -0.39 is 5.41 Å². The minimum Gasteiger partial charge on any atom is -0.465 e. The molecule has 1 rings (SSSR count). The summed E-state index contributed by atoms with van der Waals surface area (Å²) in [6, 6.07) is 0. The zero-order valence-electron chi connectivity index (χ0n) is 10.4. The van der Waals surface area contributed by atoms with Crippen molar-refractivity contribution in [2.45, 2.75) is 58.8 Å². The molecule has 1 fully saturated rings. The van der Waals surface area contributed by atoms with Gasteiger partial charge in [-0.2, -0.15) is 0 Å². The highest BCUT2D eigenvalue weighted by molar-refractivity contribution is 6.03. The average Bonchev–Trinajstić information content (AvgIpc) is 2.43. The number of esters is 1. The maximum absolute atomic E-state index is 12.1. The quantitative estimate of drug-likeness (QED) is 0.420. The number of rotatable bonds is 4. The second kappa shape index (κ2) is 6.02. The maximum atomic E-state index is 12.1. The van der Waals surface area contributed by atoms with Crippen LogP contribution in [0.15, 0.2) is 0 Å². The van der Waals surface area contributed by atoms with E-state index in [1.807, 2.05) is 6.92 Å². The first-order valence-corrected chi connectivity index (χ1v) is 6.38. The fourth-order valence-electron chi connectivity index (χ4n) is 2.55. The first-order chi connectivity index (χ1) is 7.67. The van der Waals surface area contributed by atoms with Gasteiger partial charge in [-0.1, -0.05) is 26.2 Å². The lowest BCUT2D eigenvalue weighted by molar-refractivity contribution is -0.161. The van der Waals surface area contributed by atoms with Crippen LogP contribution in [0, 0.1) is 5.41 Å². The molecule has 3 nitrogen and oxygen atoms in total. The van der Waals surface area contributed by atoms with Crippen LogP contribution < -0.4 is 0 Å². The number of ether oxygens (including phenoxy) is 1. The lowest BCUT2D eigenvalue weighted by Gasteiger charge is -2.28. The molecule has 0 spiro atoms. The Morgan fingerprint density at radius 3 is 2.69 bits per heavy atom. The lowest BCUT2D eigenvalue weighted by Crippen LogP contribution is -2.40. The van der Waals surface area contributed by atoms with Gasteiger partial charge in [-0.15, -0.1) is 0 Å². The third-order valence-electron chi connectivity index (χ3n) is 3.38. The second-order valence-electron chi connectivity index (χ2n) is 4.54. The van der Waals surface area contributed by atoms with Crippen LogP contribution >= 0.6 is 0 Å². The highest BCUT2D eigenvalue weighted by Crippen LogP contribution is 2.37. The molecular weight excluding hydrogens is 204 g/mol. The van der Waals surface area contributed by atoms with Crippen LogP contribution in [0.2, 0.25) is 0 Å². The summed E-state index contributed by atoms with van der Waals surface area (Å²) in [4.78, 5) is 24.2. The standard InChI is InChI=1S/C13H22O3/c1-3-9-13(12(15)16-4-2)10-7-5-6-8-11(13)14/h3-10H2,1-2H3. The van der Waals surface area contributed by atoms with E-state index in [0.29, 0.717) is 25.9 Å². The zero-order chi connectivity index (χ0) is 12.0. The number of Topliss-reactive ketones (excluding diaryl/α,β-unsaturated/α-hetero) is 1. The van der Waals surface area contributed by atoms with Gasteiger partial charge in [0.2, 0.25) is 0 Å². The van der Waals surface area contributed by atoms with Crippen LogP contribution in [-0.2, 0) is 14.3 Å². The number of carbonyl (C=O) groups is 2. The predicted molar refractivity (Wildman–Crippen MR) is 62.1 cm³/mol. The lowest BCUT2D eigenvalue weighted by atomic mass is 9.75. The third kappa shape index (κ3) is 2.63. The molecule has 1 saturated carbocycles. The molecule has 3 heteroatoms. The average molecular weight is 226 g/mol. The van der Waals surface area contributed by atoms with Gasteiger partial charge in [-0.3, -0.25) is 9.59 Å². The van der Waals surface area contributed by atoms with Crippen molar-refractivity contribution < 1.29 is 14.3 Å². The summed E-state index contributed by atoms with van der Waals surface area (Å²) >= 11 is 0. The minimum atomic E-state index is -0.818. The molecule has 1 aliphatic rings. The Balaban J connectivity index is 2.90. The molecule has 0 radical (unpaired) electrons. The van der Waals surface area contributed by atoms with Crippen LogP contribution in [-0.4, -0.2) is 18.4 Å². The summed E-state index contributed by atoms with van der Waals surface area (Å²) in [5, 5.41) is 0. The first-order valence-electron chi connectivity index (χ1n) is 6.38. The Hall–Kier alpha value is -0.860. The van der Waals surface area contributed by atoms with E-state index in [2.05, 4.69) is 0 Å². The van der Waals surface area contributed by atoms with Crippen LogP contribution in [0.3, 0.4) is 0 Å². The molecule has 16 heavy (non-hydrogen) atoms. The number of hydrogen-bond donors (Lipinski definition) is 0. The molecule has 1 unspecified atom stereocenters.